The van der Waals surface area contributed by atoms with Gasteiger partial charge in [0.15, 0.2) is 0 Å². The first-order chi connectivity index (χ1) is 21.9. The predicted molar refractivity (Wildman–Crippen MR) is 179 cm³/mol. The Hall–Kier alpha value is -2.18. The Morgan fingerprint density at radius 3 is 2.64 bits per heavy atom. The third kappa shape index (κ3) is 7.07. The van der Waals surface area contributed by atoms with Crippen molar-refractivity contribution in [2.45, 2.75) is 59.0 Å². The van der Waals surface area contributed by atoms with Crippen LogP contribution in [-0.4, -0.2) is 124 Å². The molecule has 9 nitrogen and oxygen atoms in total. The molecule has 0 saturated carbocycles. The monoisotopic (exact) mass is 703 g/mol. The highest BCUT2D eigenvalue weighted by Gasteiger charge is 2.76. The summed E-state index contributed by atoms with van der Waals surface area (Å²) in [6, 6.07) is 8.26. The minimum Gasteiger partial charge on any atom is -0.465 e. The van der Waals surface area contributed by atoms with Gasteiger partial charge in [0.1, 0.15) is 6.04 Å². The first-order valence-electron chi connectivity index (χ1n) is 16.1. The first kappa shape index (κ1) is 34.2. The summed E-state index contributed by atoms with van der Waals surface area (Å²) in [5, 5.41) is 10.6. The SMILES string of the molecule is C=CCCCCOC(=O)[C@H]1[C@@H]2SC3(CC2Br)C(C(=O)N(CC=C)CCN2CCOCC2)N([C@@H](CO)Cc2ccccc2)C(=O)[C@H]13. The van der Waals surface area contributed by atoms with E-state index in [1.165, 1.54) is 0 Å². The molecule has 2 amide bonds. The van der Waals surface area contributed by atoms with Crippen molar-refractivity contribution in [2.24, 2.45) is 11.8 Å². The van der Waals surface area contributed by atoms with Crippen LogP contribution >= 0.6 is 27.7 Å². The van der Waals surface area contributed by atoms with E-state index in [9.17, 15) is 19.5 Å². The number of hydrogen-bond acceptors (Lipinski definition) is 8. The quantitative estimate of drug-likeness (QED) is 0.121. The van der Waals surface area contributed by atoms with Crippen LogP contribution in [0.15, 0.2) is 55.6 Å². The molecule has 1 aromatic carbocycles. The predicted octanol–water partition coefficient (Wildman–Crippen LogP) is 3.30. The number of aliphatic hydroxyl groups excluding tert-OH is 1. The van der Waals surface area contributed by atoms with E-state index in [0.29, 0.717) is 45.7 Å². The number of amides is 2. The molecule has 246 valence electrons. The highest BCUT2D eigenvalue weighted by atomic mass is 79.9. The Morgan fingerprint density at radius 2 is 1.96 bits per heavy atom. The average molecular weight is 705 g/mol. The van der Waals surface area contributed by atoms with Gasteiger partial charge in [0.2, 0.25) is 11.8 Å². The number of alkyl halides is 1. The topological polar surface area (TPSA) is 99.6 Å². The van der Waals surface area contributed by atoms with E-state index in [1.807, 2.05) is 36.4 Å². The Bertz CT molecular complexity index is 1220. The summed E-state index contributed by atoms with van der Waals surface area (Å²) in [6.07, 6.45) is 6.99. The number of carbonyl (C=O) groups excluding carboxylic acids is 3. The maximum absolute atomic E-state index is 14.8. The van der Waals surface area contributed by atoms with E-state index < -0.39 is 28.7 Å². The number of halogens is 1. The first-order valence-corrected chi connectivity index (χ1v) is 17.9. The van der Waals surface area contributed by atoms with E-state index in [-0.39, 0.29) is 41.1 Å². The lowest BCUT2D eigenvalue weighted by molar-refractivity contribution is -0.154. The summed E-state index contributed by atoms with van der Waals surface area (Å²) in [7, 11) is 0. The molecule has 0 radical (unpaired) electrons. The number of ether oxygens (including phenoxy) is 2. The third-order valence-corrected chi connectivity index (χ3v) is 12.9. The van der Waals surface area contributed by atoms with Gasteiger partial charge in [0, 0.05) is 42.8 Å². The number of allylic oxidation sites excluding steroid dienone is 1. The van der Waals surface area contributed by atoms with Gasteiger partial charge in [-0.05, 0) is 37.7 Å². The molecule has 5 rings (SSSR count). The molecular weight excluding hydrogens is 658 g/mol. The van der Waals surface area contributed by atoms with Crippen LogP contribution in [0.5, 0.6) is 0 Å². The molecular formula is C34H46BrN3O6S. The molecule has 4 aliphatic heterocycles. The van der Waals surface area contributed by atoms with Gasteiger partial charge in [0.25, 0.3) is 0 Å². The number of fused-ring (bicyclic) bond motifs is 1. The van der Waals surface area contributed by atoms with Crippen molar-refractivity contribution in [1.82, 2.24) is 14.7 Å². The van der Waals surface area contributed by atoms with Gasteiger partial charge in [-0.3, -0.25) is 19.3 Å². The van der Waals surface area contributed by atoms with Crippen LogP contribution in [0.25, 0.3) is 0 Å². The number of hydrogen-bond donors (Lipinski definition) is 1. The zero-order chi connectivity index (χ0) is 32.0. The summed E-state index contributed by atoms with van der Waals surface area (Å²) >= 11 is 5.43. The van der Waals surface area contributed by atoms with Crippen LogP contribution in [0.1, 0.15) is 31.2 Å². The van der Waals surface area contributed by atoms with Gasteiger partial charge in [-0.1, -0.05) is 58.4 Å². The van der Waals surface area contributed by atoms with E-state index in [1.54, 1.807) is 27.6 Å². The molecule has 2 bridgehead atoms. The van der Waals surface area contributed by atoms with Crippen LogP contribution in [-0.2, 0) is 30.3 Å². The third-order valence-electron chi connectivity index (χ3n) is 9.65. The van der Waals surface area contributed by atoms with Crippen LogP contribution in [0.2, 0.25) is 0 Å². The molecule has 3 unspecified atom stereocenters. The number of morpholine rings is 1. The summed E-state index contributed by atoms with van der Waals surface area (Å²) in [4.78, 5) is 48.8. The number of aliphatic hydroxyl groups is 1. The molecule has 4 aliphatic rings. The summed E-state index contributed by atoms with van der Waals surface area (Å²) in [6.45, 7) is 12.1. The van der Waals surface area contributed by atoms with Crippen molar-refractivity contribution in [2.75, 3.05) is 59.2 Å². The van der Waals surface area contributed by atoms with E-state index >= 15 is 0 Å². The lowest BCUT2D eigenvalue weighted by atomic mass is 9.71. The summed E-state index contributed by atoms with van der Waals surface area (Å²) in [5.41, 5.74) is 0.964. The lowest BCUT2D eigenvalue weighted by Crippen LogP contribution is -2.59. The molecule has 4 heterocycles. The summed E-state index contributed by atoms with van der Waals surface area (Å²) < 4.78 is 10.5. The molecule has 0 aromatic heterocycles. The molecule has 11 heteroatoms. The van der Waals surface area contributed by atoms with Crippen molar-refractivity contribution in [1.29, 1.82) is 0 Å². The largest absolute Gasteiger partial charge is 0.465 e. The second kappa shape index (κ2) is 15.6. The molecule has 7 atom stereocenters. The number of benzene rings is 1. The maximum atomic E-state index is 14.8. The lowest BCUT2D eigenvalue weighted by Gasteiger charge is -2.40. The fourth-order valence-electron chi connectivity index (χ4n) is 7.51. The van der Waals surface area contributed by atoms with Crippen molar-refractivity contribution in [3.63, 3.8) is 0 Å². The van der Waals surface area contributed by atoms with Crippen LogP contribution in [0.3, 0.4) is 0 Å². The molecule has 1 N–H and O–H groups in total. The Labute approximate surface area is 279 Å². The molecule has 45 heavy (non-hydrogen) atoms. The van der Waals surface area contributed by atoms with Gasteiger partial charge >= 0.3 is 5.97 Å². The van der Waals surface area contributed by atoms with Gasteiger partial charge in [0.05, 0.1) is 49.1 Å². The molecule has 4 saturated heterocycles. The molecule has 1 aromatic rings. The number of rotatable bonds is 16. The van der Waals surface area contributed by atoms with Gasteiger partial charge in [-0.15, -0.1) is 24.9 Å². The molecule has 1 spiro atoms. The van der Waals surface area contributed by atoms with Gasteiger partial charge < -0.3 is 24.4 Å². The number of esters is 1. The van der Waals surface area contributed by atoms with E-state index in [2.05, 4.69) is 34.0 Å². The van der Waals surface area contributed by atoms with Crippen molar-refractivity contribution in [3.05, 3.63) is 61.2 Å². The maximum Gasteiger partial charge on any atom is 0.310 e. The zero-order valence-corrected chi connectivity index (χ0v) is 28.3. The molecule has 0 aliphatic carbocycles. The fraction of sp³-hybridized carbons (Fsp3) is 0.618. The summed E-state index contributed by atoms with van der Waals surface area (Å²) in [5.74, 6) is -2.14. The highest BCUT2D eigenvalue weighted by molar-refractivity contribution is 9.09. The number of unbranched alkanes of at least 4 members (excludes halogenated alkanes) is 2. The smallest absolute Gasteiger partial charge is 0.310 e. The average Bonchev–Trinajstić information content (AvgIpc) is 3.65. The number of thioether (sulfide) groups is 1. The minimum atomic E-state index is -0.832. The minimum absolute atomic E-state index is 0.0528. The Morgan fingerprint density at radius 1 is 1.20 bits per heavy atom. The highest BCUT2D eigenvalue weighted by Crippen LogP contribution is 2.68. The van der Waals surface area contributed by atoms with Crippen LogP contribution in [0, 0.1) is 11.8 Å². The Kier molecular flexibility index (Phi) is 11.8. The second-order valence-corrected chi connectivity index (χ2v) is 15.1. The number of likely N-dealkylation sites (tertiary alicyclic amines) is 1. The number of carbonyl (C=O) groups is 3. The normalized spacial score (nSPS) is 29.8. The van der Waals surface area contributed by atoms with Gasteiger partial charge in [-0.2, -0.15) is 0 Å². The Balaban J connectivity index is 1.47. The van der Waals surface area contributed by atoms with Gasteiger partial charge in [-0.25, -0.2) is 0 Å². The van der Waals surface area contributed by atoms with Crippen molar-refractivity contribution in [3.8, 4) is 0 Å². The van der Waals surface area contributed by atoms with E-state index in [4.69, 9.17) is 9.47 Å². The van der Waals surface area contributed by atoms with Crippen LogP contribution < -0.4 is 0 Å². The van der Waals surface area contributed by atoms with Crippen molar-refractivity contribution < 1.29 is 29.0 Å². The second-order valence-electron chi connectivity index (χ2n) is 12.4. The fourth-order valence-corrected chi connectivity index (χ4v) is 11.1. The number of nitrogens with zero attached hydrogens (tertiary/aromatic N) is 3. The molecule has 4 fully saturated rings. The van der Waals surface area contributed by atoms with E-state index in [0.717, 1.165) is 37.9 Å². The van der Waals surface area contributed by atoms with Crippen molar-refractivity contribution >= 4 is 45.5 Å². The standard InChI is InChI=1S/C34H46BrN3O6S/c1-3-5-6-10-18-44-33(42)27-28-31(40)38(25(23-39)21-24-11-8-7-9-12-24)30(34(28)22-26(35)29(27)45-34)32(41)37(13-4-2)15-14-36-16-19-43-20-17-36/h3-4,7-9,11-12,25-30,39H,1-2,5-6,10,13-23H2/t25-,26?,27-,28+,29-,30?,34?/m1/s1. The van der Waals surface area contributed by atoms with Crippen LogP contribution in [0.4, 0.5) is 0 Å². The zero-order valence-electron chi connectivity index (χ0n) is 25.9.